The number of hydrogen-bond donors (Lipinski definition) is 3. The molecule has 0 bridgehead atoms. The predicted molar refractivity (Wildman–Crippen MR) is 132 cm³/mol. The van der Waals surface area contributed by atoms with Gasteiger partial charge in [0.2, 0.25) is 0 Å². The summed E-state index contributed by atoms with van der Waals surface area (Å²) >= 11 is 0. The lowest BCUT2D eigenvalue weighted by Crippen LogP contribution is -2.37. The molecule has 1 unspecified atom stereocenters. The van der Waals surface area contributed by atoms with E-state index in [0.29, 0.717) is 33.3 Å². The van der Waals surface area contributed by atoms with Crippen molar-refractivity contribution in [2.75, 3.05) is 18.1 Å². The third kappa shape index (κ3) is 4.73. The second-order valence-corrected chi connectivity index (χ2v) is 9.34. The largest absolute Gasteiger partial charge is 0.443 e. The highest BCUT2D eigenvalue weighted by Crippen LogP contribution is 2.36. The third-order valence-corrected chi connectivity index (χ3v) is 5.51. The first-order chi connectivity index (χ1) is 17.1. The van der Waals surface area contributed by atoms with Gasteiger partial charge in [-0.15, -0.1) is 0 Å². The zero-order chi connectivity index (χ0) is 26.2. The summed E-state index contributed by atoms with van der Waals surface area (Å²) < 4.78 is 21.5. The number of H-pyrrole nitrogens is 1. The Hall–Kier alpha value is -4.01. The number of carbonyl (C=O) groups is 1. The molecule has 188 valence electrons. The standard InChI is InChI=1S/C25H27FN6O4/c1-5-31(24(35)36-25(2,3)4)23-21-20(28-13-29-21)18-9-19(15-6-14(10-27)7-16(26)8-15)32(22(18)30-23)11-17(34)12-33/h6-9,13,17,33-34H,5,11-12H2,1-4H3,(H,28,29). The van der Waals surface area contributed by atoms with Crippen LogP contribution in [0.4, 0.5) is 15.0 Å². The average molecular weight is 495 g/mol. The number of anilines is 1. The lowest BCUT2D eigenvalue weighted by atomic mass is 10.1. The molecule has 0 aliphatic heterocycles. The Balaban J connectivity index is 2.01. The minimum Gasteiger partial charge on any atom is -0.443 e. The minimum absolute atomic E-state index is 0.0747. The normalized spacial score (nSPS) is 12.6. The van der Waals surface area contributed by atoms with E-state index in [9.17, 15) is 24.7 Å². The van der Waals surface area contributed by atoms with Gasteiger partial charge in [0.25, 0.3) is 0 Å². The highest BCUT2D eigenvalue weighted by atomic mass is 19.1. The Bertz CT molecular complexity index is 1480. The number of nitrogens with zero attached hydrogens (tertiary/aromatic N) is 5. The van der Waals surface area contributed by atoms with Crippen LogP contribution >= 0.6 is 0 Å². The molecule has 3 aromatic heterocycles. The molecule has 1 amide bonds. The minimum atomic E-state index is -1.14. The second-order valence-electron chi connectivity index (χ2n) is 9.34. The van der Waals surface area contributed by atoms with Crippen LogP contribution in [-0.2, 0) is 11.3 Å². The number of nitrogens with one attached hydrogen (secondary N) is 1. The molecule has 0 spiro atoms. The van der Waals surface area contributed by atoms with E-state index in [2.05, 4.69) is 9.97 Å². The molecule has 0 saturated heterocycles. The molecule has 1 aromatic carbocycles. The molecule has 4 aromatic rings. The van der Waals surface area contributed by atoms with Gasteiger partial charge in [-0.2, -0.15) is 5.26 Å². The molecule has 0 saturated carbocycles. The van der Waals surface area contributed by atoms with Crippen LogP contribution in [0, 0.1) is 17.1 Å². The number of rotatable bonds is 6. The van der Waals surface area contributed by atoms with E-state index in [1.54, 1.807) is 38.3 Å². The number of halogens is 1. The van der Waals surface area contributed by atoms with Crippen LogP contribution in [0.25, 0.3) is 33.3 Å². The summed E-state index contributed by atoms with van der Waals surface area (Å²) in [5, 5.41) is 29.7. The quantitative estimate of drug-likeness (QED) is 0.371. The van der Waals surface area contributed by atoms with Crippen LogP contribution in [0.2, 0.25) is 0 Å². The number of benzene rings is 1. The van der Waals surface area contributed by atoms with Crippen LogP contribution in [-0.4, -0.2) is 60.7 Å². The SMILES string of the molecule is CCN(C(=O)OC(C)(C)C)c1nc2c(cc(-c3cc(F)cc(C#N)c3)n2CC(O)CO)c2nc[nH]c12. The number of aromatic nitrogens is 4. The van der Waals surface area contributed by atoms with E-state index in [4.69, 9.17) is 9.72 Å². The number of amides is 1. The van der Waals surface area contributed by atoms with Gasteiger partial charge in [-0.05, 0) is 52.0 Å². The Kier molecular flexibility index (Phi) is 6.67. The molecule has 0 fully saturated rings. The van der Waals surface area contributed by atoms with E-state index in [-0.39, 0.29) is 24.5 Å². The molecule has 0 aliphatic rings. The van der Waals surface area contributed by atoms with E-state index in [0.717, 1.165) is 6.07 Å². The Morgan fingerprint density at radius 3 is 2.72 bits per heavy atom. The number of hydrogen-bond acceptors (Lipinski definition) is 7. The number of pyridine rings is 1. The van der Waals surface area contributed by atoms with E-state index in [1.807, 2.05) is 6.07 Å². The third-order valence-electron chi connectivity index (χ3n) is 5.51. The van der Waals surface area contributed by atoms with Gasteiger partial charge in [0.05, 0.1) is 42.9 Å². The van der Waals surface area contributed by atoms with Crippen LogP contribution in [0.15, 0.2) is 30.6 Å². The fourth-order valence-electron chi connectivity index (χ4n) is 4.03. The maximum Gasteiger partial charge on any atom is 0.416 e. The van der Waals surface area contributed by atoms with Crippen molar-refractivity contribution in [2.24, 2.45) is 0 Å². The zero-order valence-corrected chi connectivity index (χ0v) is 20.4. The van der Waals surface area contributed by atoms with Crippen molar-refractivity contribution in [3.05, 3.63) is 42.0 Å². The number of ether oxygens (including phenoxy) is 1. The fraction of sp³-hybridized carbons (Fsp3) is 0.360. The summed E-state index contributed by atoms with van der Waals surface area (Å²) in [6, 6.07) is 7.61. The number of aliphatic hydroxyl groups is 2. The van der Waals surface area contributed by atoms with E-state index < -0.39 is 30.2 Å². The lowest BCUT2D eigenvalue weighted by molar-refractivity contribution is 0.0581. The first-order valence-electron chi connectivity index (χ1n) is 11.4. The zero-order valence-electron chi connectivity index (χ0n) is 20.4. The summed E-state index contributed by atoms with van der Waals surface area (Å²) in [6.45, 7) is 6.75. The Morgan fingerprint density at radius 1 is 1.33 bits per heavy atom. The van der Waals surface area contributed by atoms with E-state index in [1.165, 1.54) is 23.4 Å². The van der Waals surface area contributed by atoms with Gasteiger partial charge >= 0.3 is 6.09 Å². The van der Waals surface area contributed by atoms with Gasteiger partial charge in [0.1, 0.15) is 28.1 Å². The topological polar surface area (TPSA) is 140 Å². The maximum atomic E-state index is 14.3. The Labute approximate surface area is 206 Å². The van der Waals surface area contributed by atoms with Gasteiger partial charge in [-0.25, -0.2) is 19.2 Å². The number of aliphatic hydroxyl groups excluding tert-OH is 2. The predicted octanol–water partition coefficient (Wildman–Crippen LogP) is 3.70. The fourth-order valence-corrected chi connectivity index (χ4v) is 4.03. The molecule has 0 aliphatic carbocycles. The molecular weight excluding hydrogens is 467 g/mol. The summed E-state index contributed by atoms with van der Waals surface area (Å²) in [7, 11) is 0. The monoisotopic (exact) mass is 494 g/mol. The second kappa shape index (κ2) is 9.56. The molecule has 3 heterocycles. The summed E-state index contributed by atoms with van der Waals surface area (Å²) in [5.74, 6) is -0.322. The van der Waals surface area contributed by atoms with Crippen LogP contribution < -0.4 is 4.90 Å². The highest BCUT2D eigenvalue weighted by Gasteiger charge is 2.28. The number of aromatic amines is 1. The molecule has 3 N–H and O–H groups in total. The van der Waals surface area contributed by atoms with E-state index >= 15 is 0 Å². The summed E-state index contributed by atoms with van der Waals surface area (Å²) in [4.78, 5) is 26.6. The van der Waals surface area contributed by atoms with Crippen molar-refractivity contribution in [2.45, 2.75) is 45.9 Å². The number of carbonyl (C=O) groups excluding carboxylic acids is 1. The molecular formula is C25H27FN6O4. The lowest BCUT2D eigenvalue weighted by Gasteiger charge is -2.26. The van der Waals surface area contributed by atoms with Gasteiger partial charge in [-0.3, -0.25) is 4.90 Å². The molecule has 4 rings (SSSR count). The highest BCUT2D eigenvalue weighted by molar-refractivity contribution is 6.09. The molecule has 0 radical (unpaired) electrons. The summed E-state index contributed by atoms with van der Waals surface area (Å²) in [5.41, 5.74) is 1.62. The van der Waals surface area contributed by atoms with Crippen molar-refractivity contribution in [1.29, 1.82) is 5.26 Å². The maximum absolute atomic E-state index is 14.3. The molecule has 10 nitrogen and oxygen atoms in total. The van der Waals surface area contributed by atoms with Crippen molar-refractivity contribution < 1.29 is 24.1 Å². The average Bonchev–Trinajstić information content (AvgIpc) is 3.43. The number of fused-ring (bicyclic) bond motifs is 3. The number of nitriles is 1. The first-order valence-corrected chi connectivity index (χ1v) is 11.4. The summed E-state index contributed by atoms with van der Waals surface area (Å²) in [6.07, 6.45) is -0.254. The number of imidazole rings is 1. The van der Waals surface area contributed by atoms with Crippen molar-refractivity contribution >= 4 is 34.0 Å². The smallest absolute Gasteiger partial charge is 0.416 e. The molecule has 36 heavy (non-hydrogen) atoms. The molecule has 1 atom stereocenters. The van der Waals surface area contributed by atoms with Gasteiger partial charge < -0.3 is 24.5 Å². The molecule has 11 heteroatoms. The van der Waals surface area contributed by atoms with Crippen LogP contribution in [0.1, 0.15) is 33.3 Å². The van der Waals surface area contributed by atoms with Gasteiger partial charge in [0, 0.05) is 17.5 Å². The Morgan fingerprint density at radius 2 is 2.08 bits per heavy atom. The van der Waals surface area contributed by atoms with Crippen molar-refractivity contribution in [3.63, 3.8) is 0 Å². The van der Waals surface area contributed by atoms with Crippen LogP contribution in [0.3, 0.4) is 0 Å². The first kappa shape index (κ1) is 25.1. The van der Waals surface area contributed by atoms with Crippen molar-refractivity contribution in [3.8, 4) is 17.3 Å². The van der Waals surface area contributed by atoms with Gasteiger partial charge in [0.15, 0.2) is 5.82 Å². The van der Waals surface area contributed by atoms with Crippen LogP contribution in [0.5, 0.6) is 0 Å². The van der Waals surface area contributed by atoms with Gasteiger partial charge in [-0.1, -0.05) is 0 Å². The van der Waals surface area contributed by atoms with Crippen molar-refractivity contribution in [1.82, 2.24) is 19.5 Å².